The molecule has 0 atom stereocenters. The zero-order chi connectivity index (χ0) is 13.8. The number of thiophene rings is 1. The Morgan fingerprint density at radius 3 is 3.11 bits per heavy atom. The number of nitrogens with zero attached hydrogens (tertiary/aromatic N) is 2. The molecule has 19 heavy (non-hydrogen) atoms. The first-order chi connectivity index (χ1) is 9.06. The number of amidine groups is 1. The standard InChI is InChI=1S/C11H15N5OS2/c12-10(13)15-11(14)19-6-9(17)16-3-1-8-7(5-16)2-4-18-8/h2,4H,1,3,5-6H2,(H5,12,13,14,15). The van der Waals surface area contributed by atoms with E-state index in [1.807, 2.05) is 4.90 Å². The smallest absolute Gasteiger partial charge is 0.233 e. The Morgan fingerprint density at radius 2 is 2.37 bits per heavy atom. The van der Waals surface area contributed by atoms with E-state index in [1.54, 1.807) is 11.3 Å². The van der Waals surface area contributed by atoms with Gasteiger partial charge in [0, 0.05) is 18.0 Å². The number of carbonyl (C=O) groups excluding carboxylic acids is 1. The van der Waals surface area contributed by atoms with Gasteiger partial charge in [0.1, 0.15) is 0 Å². The van der Waals surface area contributed by atoms with Crippen LogP contribution in [0.2, 0.25) is 0 Å². The highest BCUT2D eigenvalue weighted by Gasteiger charge is 2.21. The minimum Gasteiger partial charge on any atom is -0.370 e. The molecular weight excluding hydrogens is 282 g/mol. The van der Waals surface area contributed by atoms with E-state index >= 15 is 0 Å². The third kappa shape index (κ3) is 3.71. The monoisotopic (exact) mass is 297 g/mol. The third-order valence-electron chi connectivity index (χ3n) is 2.72. The Morgan fingerprint density at radius 1 is 1.58 bits per heavy atom. The molecule has 0 bridgehead atoms. The summed E-state index contributed by atoms with van der Waals surface area (Å²) in [5.41, 5.74) is 11.6. The van der Waals surface area contributed by atoms with E-state index in [1.165, 1.54) is 10.4 Å². The minimum absolute atomic E-state index is 0.0115. The van der Waals surface area contributed by atoms with Gasteiger partial charge in [0.15, 0.2) is 11.1 Å². The molecular formula is C11H15N5OS2. The van der Waals surface area contributed by atoms with Gasteiger partial charge in [-0.05, 0) is 23.4 Å². The van der Waals surface area contributed by atoms with E-state index < -0.39 is 0 Å². The van der Waals surface area contributed by atoms with Gasteiger partial charge in [0.25, 0.3) is 0 Å². The first-order valence-electron chi connectivity index (χ1n) is 5.70. The van der Waals surface area contributed by atoms with E-state index in [-0.39, 0.29) is 22.8 Å². The quantitative estimate of drug-likeness (QED) is 0.548. The summed E-state index contributed by atoms with van der Waals surface area (Å²) in [4.78, 5) is 18.8. The number of thioether (sulfide) groups is 1. The Bertz CT molecular complexity index is 521. The van der Waals surface area contributed by atoms with Gasteiger partial charge >= 0.3 is 0 Å². The second kappa shape index (κ2) is 6.07. The van der Waals surface area contributed by atoms with Crippen molar-refractivity contribution in [2.75, 3.05) is 12.3 Å². The van der Waals surface area contributed by atoms with Gasteiger partial charge in [-0.15, -0.1) is 11.3 Å². The van der Waals surface area contributed by atoms with E-state index in [2.05, 4.69) is 16.4 Å². The fourth-order valence-corrected chi connectivity index (χ4v) is 3.33. The lowest BCUT2D eigenvalue weighted by molar-refractivity contribution is -0.129. The van der Waals surface area contributed by atoms with Crippen molar-refractivity contribution >= 4 is 40.1 Å². The summed E-state index contributed by atoms with van der Waals surface area (Å²) in [6.45, 7) is 1.40. The minimum atomic E-state index is -0.161. The number of nitrogens with two attached hydrogens (primary N) is 2. The average Bonchev–Trinajstić information content (AvgIpc) is 2.82. The summed E-state index contributed by atoms with van der Waals surface area (Å²) >= 11 is 2.78. The molecule has 1 aromatic rings. The Labute approximate surface area is 119 Å². The number of rotatable bonds is 2. The lowest BCUT2D eigenvalue weighted by Gasteiger charge is -2.26. The van der Waals surface area contributed by atoms with Crippen molar-refractivity contribution in [3.05, 3.63) is 21.9 Å². The molecule has 1 aromatic heterocycles. The number of hydrogen-bond donors (Lipinski definition) is 3. The summed E-state index contributed by atoms with van der Waals surface area (Å²) in [5.74, 6) is 0.0398. The third-order valence-corrected chi connectivity index (χ3v) is 4.50. The van der Waals surface area contributed by atoms with Crippen molar-refractivity contribution in [1.29, 1.82) is 5.41 Å². The molecule has 0 saturated carbocycles. The van der Waals surface area contributed by atoms with E-state index in [0.29, 0.717) is 6.54 Å². The van der Waals surface area contributed by atoms with Crippen LogP contribution < -0.4 is 11.5 Å². The molecule has 1 aliphatic heterocycles. The van der Waals surface area contributed by atoms with Crippen molar-refractivity contribution in [1.82, 2.24) is 4.90 Å². The number of nitrogens with one attached hydrogen (secondary N) is 1. The highest BCUT2D eigenvalue weighted by Crippen LogP contribution is 2.24. The molecule has 0 unspecified atom stereocenters. The molecule has 0 fully saturated rings. The fraction of sp³-hybridized carbons (Fsp3) is 0.364. The first-order valence-corrected chi connectivity index (χ1v) is 7.57. The molecule has 0 aliphatic carbocycles. The highest BCUT2D eigenvalue weighted by molar-refractivity contribution is 8.14. The van der Waals surface area contributed by atoms with Gasteiger partial charge in [-0.1, -0.05) is 11.8 Å². The molecule has 1 aliphatic rings. The van der Waals surface area contributed by atoms with Crippen LogP contribution in [-0.4, -0.2) is 34.2 Å². The van der Waals surface area contributed by atoms with Crippen molar-refractivity contribution in [2.24, 2.45) is 16.5 Å². The summed E-state index contributed by atoms with van der Waals surface area (Å²) in [6.07, 6.45) is 0.911. The van der Waals surface area contributed by atoms with Crippen molar-refractivity contribution in [3.63, 3.8) is 0 Å². The molecule has 2 heterocycles. The van der Waals surface area contributed by atoms with Crippen LogP contribution in [0.3, 0.4) is 0 Å². The van der Waals surface area contributed by atoms with Crippen LogP contribution >= 0.6 is 23.1 Å². The van der Waals surface area contributed by atoms with Crippen LogP contribution in [0.4, 0.5) is 0 Å². The zero-order valence-electron chi connectivity index (χ0n) is 10.3. The van der Waals surface area contributed by atoms with Gasteiger partial charge in [-0.3, -0.25) is 10.2 Å². The largest absolute Gasteiger partial charge is 0.370 e. The van der Waals surface area contributed by atoms with Crippen LogP contribution in [0.5, 0.6) is 0 Å². The normalized spacial score (nSPS) is 13.8. The fourth-order valence-electron chi connectivity index (χ4n) is 1.83. The van der Waals surface area contributed by atoms with Crippen LogP contribution in [0.15, 0.2) is 16.4 Å². The van der Waals surface area contributed by atoms with Crippen molar-refractivity contribution in [2.45, 2.75) is 13.0 Å². The molecule has 0 spiro atoms. The molecule has 8 heteroatoms. The predicted octanol–water partition coefficient (Wildman–Crippen LogP) is 0.574. The summed E-state index contributed by atoms with van der Waals surface area (Å²) in [6, 6.07) is 2.06. The molecule has 2 rings (SSSR count). The molecule has 102 valence electrons. The summed E-state index contributed by atoms with van der Waals surface area (Å²) in [5, 5.41) is 9.48. The first kappa shape index (κ1) is 13.9. The maximum atomic E-state index is 12.0. The van der Waals surface area contributed by atoms with Gasteiger partial charge in [-0.25, -0.2) is 0 Å². The Hall–Kier alpha value is -1.54. The van der Waals surface area contributed by atoms with Gasteiger partial charge in [0.2, 0.25) is 5.91 Å². The SMILES string of the molecule is N=C(N=C(N)N)SCC(=O)N1CCc2sccc2C1. The molecule has 0 saturated heterocycles. The Kier molecular flexibility index (Phi) is 4.43. The zero-order valence-corrected chi connectivity index (χ0v) is 11.9. The average molecular weight is 297 g/mol. The topological polar surface area (TPSA) is 109 Å². The van der Waals surface area contributed by atoms with E-state index in [4.69, 9.17) is 16.9 Å². The molecule has 0 aromatic carbocycles. The lowest BCUT2D eigenvalue weighted by atomic mass is 10.1. The van der Waals surface area contributed by atoms with E-state index in [9.17, 15) is 4.79 Å². The van der Waals surface area contributed by atoms with Gasteiger partial charge in [0.05, 0.1) is 5.75 Å². The van der Waals surface area contributed by atoms with Gasteiger partial charge < -0.3 is 16.4 Å². The lowest BCUT2D eigenvalue weighted by Crippen LogP contribution is -2.36. The second-order valence-electron chi connectivity index (χ2n) is 4.06. The molecule has 0 radical (unpaired) electrons. The van der Waals surface area contributed by atoms with E-state index in [0.717, 1.165) is 24.7 Å². The number of carbonyl (C=O) groups is 1. The second-order valence-corrected chi connectivity index (χ2v) is 6.03. The van der Waals surface area contributed by atoms with Gasteiger partial charge in [-0.2, -0.15) is 4.99 Å². The van der Waals surface area contributed by atoms with Crippen LogP contribution in [0.1, 0.15) is 10.4 Å². The number of amides is 1. The Balaban J connectivity index is 1.85. The number of guanidine groups is 1. The van der Waals surface area contributed by atoms with Crippen LogP contribution in [0.25, 0.3) is 0 Å². The number of hydrogen-bond acceptors (Lipinski definition) is 4. The van der Waals surface area contributed by atoms with Crippen LogP contribution in [0, 0.1) is 5.41 Å². The maximum absolute atomic E-state index is 12.0. The maximum Gasteiger partial charge on any atom is 0.233 e. The number of aliphatic imine (C=N–C) groups is 1. The molecule has 5 N–H and O–H groups in total. The molecule has 6 nitrogen and oxygen atoms in total. The van der Waals surface area contributed by atoms with Crippen molar-refractivity contribution in [3.8, 4) is 0 Å². The van der Waals surface area contributed by atoms with Crippen LogP contribution in [-0.2, 0) is 17.8 Å². The predicted molar refractivity (Wildman–Crippen MR) is 79.4 cm³/mol. The number of fused-ring (bicyclic) bond motifs is 1. The highest BCUT2D eigenvalue weighted by atomic mass is 32.2. The van der Waals surface area contributed by atoms with Crippen molar-refractivity contribution < 1.29 is 4.79 Å². The summed E-state index contributed by atoms with van der Waals surface area (Å²) in [7, 11) is 0. The summed E-state index contributed by atoms with van der Waals surface area (Å²) < 4.78 is 0. The molecule has 1 amide bonds.